The number of hydrogen-bond donors (Lipinski definition) is 2. The first-order chi connectivity index (χ1) is 8.45. The molecule has 0 saturated heterocycles. The van der Waals surface area contributed by atoms with Crippen molar-refractivity contribution in [3.05, 3.63) is 46.5 Å². The minimum atomic E-state index is -4.42. The van der Waals surface area contributed by atoms with E-state index in [4.69, 9.17) is 0 Å². The Morgan fingerprint density at radius 2 is 2.06 bits per heavy atom. The summed E-state index contributed by atoms with van der Waals surface area (Å²) >= 11 is 0. The lowest BCUT2D eigenvalue weighted by Crippen LogP contribution is -2.13. The quantitative estimate of drug-likeness (QED) is 0.861. The Morgan fingerprint density at radius 1 is 1.28 bits per heavy atom. The SMILES string of the molecule is O=c1nc(Nc2cccc(C(F)(F)F)c2)cn[nH]1. The third kappa shape index (κ3) is 2.84. The second-order valence-electron chi connectivity index (χ2n) is 3.38. The van der Waals surface area contributed by atoms with Crippen molar-refractivity contribution in [3.8, 4) is 0 Å². The Hall–Kier alpha value is -2.38. The van der Waals surface area contributed by atoms with Crippen LogP contribution in [0, 0.1) is 0 Å². The molecule has 8 heteroatoms. The van der Waals surface area contributed by atoms with Crippen molar-refractivity contribution in [3.63, 3.8) is 0 Å². The van der Waals surface area contributed by atoms with Gasteiger partial charge >= 0.3 is 11.9 Å². The number of rotatable bonds is 2. The number of nitrogens with zero attached hydrogens (tertiary/aromatic N) is 2. The zero-order valence-electron chi connectivity index (χ0n) is 8.82. The molecule has 1 aromatic heterocycles. The summed E-state index contributed by atoms with van der Waals surface area (Å²) in [4.78, 5) is 14.4. The fourth-order valence-corrected chi connectivity index (χ4v) is 1.29. The Balaban J connectivity index is 2.27. The van der Waals surface area contributed by atoms with Crippen molar-refractivity contribution >= 4 is 11.5 Å². The second-order valence-corrected chi connectivity index (χ2v) is 3.38. The van der Waals surface area contributed by atoms with Crippen molar-refractivity contribution in [1.82, 2.24) is 15.2 Å². The highest BCUT2D eigenvalue weighted by Crippen LogP contribution is 2.31. The van der Waals surface area contributed by atoms with Gasteiger partial charge in [0, 0.05) is 5.69 Å². The van der Waals surface area contributed by atoms with Crippen LogP contribution < -0.4 is 11.0 Å². The monoisotopic (exact) mass is 256 g/mol. The van der Waals surface area contributed by atoms with Gasteiger partial charge in [0.25, 0.3) is 0 Å². The van der Waals surface area contributed by atoms with Gasteiger partial charge in [0.15, 0.2) is 5.82 Å². The van der Waals surface area contributed by atoms with Crippen LogP contribution in [0.4, 0.5) is 24.7 Å². The van der Waals surface area contributed by atoms with Crippen LogP contribution in [0.2, 0.25) is 0 Å². The topological polar surface area (TPSA) is 70.7 Å². The van der Waals surface area contributed by atoms with Gasteiger partial charge in [-0.3, -0.25) is 0 Å². The first-order valence-electron chi connectivity index (χ1n) is 4.81. The molecule has 18 heavy (non-hydrogen) atoms. The number of H-pyrrole nitrogens is 1. The smallest absolute Gasteiger partial charge is 0.339 e. The Kier molecular flexibility index (Phi) is 3.00. The Labute approximate surface area is 98.7 Å². The van der Waals surface area contributed by atoms with Crippen molar-refractivity contribution in [2.75, 3.05) is 5.32 Å². The van der Waals surface area contributed by atoms with E-state index in [2.05, 4.69) is 20.5 Å². The van der Waals surface area contributed by atoms with Gasteiger partial charge in [0.2, 0.25) is 0 Å². The van der Waals surface area contributed by atoms with E-state index in [-0.39, 0.29) is 11.5 Å². The molecule has 1 aromatic carbocycles. The maximum atomic E-state index is 12.5. The summed E-state index contributed by atoms with van der Waals surface area (Å²) in [6.07, 6.45) is -3.22. The molecule has 0 radical (unpaired) electrons. The van der Waals surface area contributed by atoms with E-state index in [0.29, 0.717) is 0 Å². The molecule has 0 amide bonds. The van der Waals surface area contributed by atoms with Crippen LogP contribution in [0.3, 0.4) is 0 Å². The first kappa shape index (κ1) is 12.1. The van der Waals surface area contributed by atoms with Gasteiger partial charge in [-0.2, -0.15) is 23.3 Å². The van der Waals surface area contributed by atoms with Crippen molar-refractivity contribution in [2.45, 2.75) is 6.18 Å². The fraction of sp³-hybridized carbons (Fsp3) is 0.100. The van der Waals surface area contributed by atoms with Crippen LogP contribution in [0.1, 0.15) is 5.56 Å². The minimum Gasteiger partial charge on any atom is -0.339 e. The van der Waals surface area contributed by atoms with Gasteiger partial charge in [-0.05, 0) is 18.2 Å². The summed E-state index contributed by atoms with van der Waals surface area (Å²) in [7, 11) is 0. The molecule has 0 aliphatic heterocycles. The van der Waals surface area contributed by atoms with Crippen molar-refractivity contribution in [1.29, 1.82) is 0 Å². The number of benzene rings is 1. The third-order valence-electron chi connectivity index (χ3n) is 2.03. The van der Waals surface area contributed by atoms with E-state index in [1.807, 2.05) is 0 Å². The summed E-state index contributed by atoms with van der Waals surface area (Å²) in [5.41, 5.74) is -1.30. The van der Waals surface area contributed by atoms with E-state index in [1.165, 1.54) is 18.3 Å². The molecule has 0 unspecified atom stereocenters. The summed E-state index contributed by atoms with van der Waals surface area (Å²) in [5, 5.41) is 8.09. The molecule has 0 atom stereocenters. The van der Waals surface area contributed by atoms with Crippen LogP contribution in [-0.2, 0) is 6.18 Å². The number of aromatic nitrogens is 3. The average Bonchev–Trinajstić information content (AvgIpc) is 2.28. The molecule has 2 aromatic rings. The third-order valence-corrected chi connectivity index (χ3v) is 2.03. The van der Waals surface area contributed by atoms with Gasteiger partial charge in [-0.15, -0.1) is 0 Å². The molecule has 0 spiro atoms. The minimum absolute atomic E-state index is 0.0677. The van der Waals surface area contributed by atoms with E-state index in [0.717, 1.165) is 12.1 Å². The molecule has 0 aliphatic rings. The largest absolute Gasteiger partial charge is 0.416 e. The Morgan fingerprint density at radius 3 is 2.72 bits per heavy atom. The first-order valence-corrected chi connectivity index (χ1v) is 4.81. The predicted octanol–water partition coefficient (Wildman–Crippen LogP) is 1.93. The molecular formula is C10H7F3N4O. The Bertz CT molecular complexity index is 608. The van der Waals surface area contributed by atoms with Crippen LogP contribution in [-0.4, -0.2) is 15.2 Å². The summed E-state index contributed by atoms with van der Waals surface area (Å²) in [6.45, 7) is 0. The number of nitrogens with one attached hydrogen (secondary N) is 2. The lowest BCUT2D eigenvalue weighted by atomic mass is 10.2. The standard InChI is InChI=1S/C10H7F3N4O/c11-10(12,13)6-2-1-3-7(4-6)15-8-5-14-17-9(18)16-8/h1-5H,(H2,15,16,17,18). The zero-order valence-corrected chi connectivity index (χ0v) is 8.82. The number of aromatic amines is 1. The molecule has 1 heterocycles. The van der Waals surface area contributed by atoms with E-state index < -0.39 is 17.4 Å². The second kappa shape index (κ2) is 4.47. The summed E-state index contributed by atoms with van der Waals surface area (Å²) < 4.78 is 37.4. The van der Waals surface area contributed by atoms with Crippen LogP contribution in [0.5, 0.6) is 0 Å². The highest BCUT2D eigenvalue weighted by atomic mass is 19.4. The maximum Gasteiger partial charge on any atom is 0.416 e. The molecule has 2 N–H and O–H groups in total. The molecule has 0 bridgehead atoms. The van der Waals surface area contributed by atoms with E-state index >= 15 is 0 Å². The van der Waals surface area contributed by atoms with Gasteiger partial charge in [-0.1, -0.05) is 6.07 Å². The fourth-order valence-electron chi connectivity index (χ4n) is 1.29. The van der Waals surface area contributed by atoms with Gasteiger partial charge in [0.1, 0.15) is 0 Å². The van der Waals surface area contributed by atoms with Gasteiger partial charge < -0.3 is 5.32 Å². The van der Waals surface area contributed by atoms with Crippen molar-refractivity contribution < 1.29 is 13.2 Å². The molecule has 0 saturated carbocycles. The maximum absolute atomic E-state index is 12.5. The molecule has 0 aliphatic carbocycles. The van der Waals surface area contributed by atoms with Crippen LogP contribution >= 0.6 is 0 Å². The van der Waals surface area contributed by atoms with Crippen LogP contribution in [0.25, 0.3) is 0 Å². The molecule has 2 rings (SSSR count). The highest BCUT2D eigenvalue weighted by molar-refractivity contribution is 5.56. The van der Waals surface area contributed by atoms with E-state index in [9.17, 15) is 18.0 Å². The normalized spacial score (nSPS) is 11.3. The number of alkyl halides is 3. The summed E-state index contributed by atoms with van der Waals surface area (Å²) in [6, 6.07) is 4.56. The van der Waals surface area contributed by atoms with Crippen LogP contribution in [0.15, 0.2) is 35.3 Å². The lowest BCUT2D eigenvalue weighted by molar-refractivity contribution is -0.137. The van der Waals surface area contributed by atoms with Crippen molar-refractivity contribution in [2.24, 2.45) is 0 Å². The average molecular weight is 256 g/mol. The molecule has 94 valence electrons. The molecule has 0 fully saturated rings. The number of halogens is 3. The van der Waals surface area contributed by atoms with E-state index in [1.54, 1.807) is 0 Å². The molecular weight excluding hydrogens is 249 g/mol. The predicted molar refractivity (Wildman–Crippen MR) is 57.4 cm³/mol. The molecule has 5 nitrogen and oxygen atoms in total. The van der Waals surface area contributed by atoms with Gasteiger partial charge in [0.05, 0.1) is 11.8 Å². The number of anilines is 2. The highest BCUT2D eigenvalue weighted by Gasteiger charge is 2.30. The lowest BCUT2D eigenvalue weighted by Gasteiger charge is -2.09. The van der Waals surface area contributed by atoms with Gasteiger partial charge in [-0.25, -0.2) is 9.89 Å². The number of hydrogen-bond acceptors (Lipinski definition) is 4. The summed E-state index contributed by atoms with van der Waals surface area (Å²) in [5.74, 6) is 0.0677. The zero-order chi connectivity index (χ0) is 13.2.